The van der Waals surface area contributed by atoms with Crippen molar-refractivity contribution in [3.05, 3.63) is 120 Å². The van der Waals surface area contributed by atoms with Crippen LogP contribution in [0.1, 0.15) is 24.0 Å². The first-order valence-electron chi connectivity index (χ1n) is 12.4. The van der Waals surface area contributed by atoms with E-state index >= 15 is 0 Å². The van der Waals surface area contributed by atoms with Crippen LogP contribution >= 0.6 is 0 Å². The second kappa shape index (κ2) is 13.2. The number of allylic oxidation sites excluding steroid dienone is 1. The summed E-state index contributed by atoms with van der Waals surface area (Å²) >= 11 is 0. The van der Waals surface area contributed by atoms with Crippen molar-refractivity contribution >= 4 is 12.0 Å². The molecule has 1 N–H and O–H groups in total. The summed E-state index contributed by atoms with van der Waals surface area (Å²) in [6, 6.07) is 24.8. The van der Waals surface area contributed by atoms with Gasteiger partial charge in [0.05, 0.1) is 7.11 Å². The molecular formula is C32H28F2O5. The molecule has 0 heterocycles. The number of carbonyl (C=O) groups is 1. The van der Waals surface area contributed by atoms with Crippen LogP contribution < -0.4 is 14.2 Å². The number of methoxy groups -OCH3 is 1. The molecule has 0 fully saturated rings. The number of benzene rings is 4. The normalized spacial score (nSPS) is 11.8. The molecular weight excluding hydrogens is 502 g/mol. The van der Waals surface area contributed by atoms with E-state index < -0.39 is 12.1 Å². The SMILES string of the molecule is COc1ccc(OCc2ccccc2F)c(/C=C/CCC(Oc2ccc(-c3ccc(F)cc3)cc2)C(=O)O)c1. The van der Waals surface area contributed by atoms with Crippen LogP contribution in [0.4, 0.5) is 8.78 Å². The maximum Gasteiger partial charge on any atom is 0.344 e. The molecule has 7 heteroatoms. The summed E-state index contributed by atoms with van der Waals surface area (Å²) in [6.45, 7) is 0.0642. The van der Waals surface area contributed by atoms with E-state index in [2.05, 4.69) is 0 Å². The number of hydrogen-bond donors (Lipinski definition) is 1. The molecule has 0 aliphatic heterocycles. The van der Waals surface area contributed by atoms with Crippen molar-refractivity contribution in [2.75, 3.05) is 7.11 Å². The van der Waals surface area contributed by atoms with Gasteiger partial charge in [0.25, 0.3) is 0 Å². The van der Waals surface area contributed by atoms with E-state index in [0.717, 1.165) is 16.7 Å². The summed E-state index contributed by atoms with van der Waals surface area (Å²) in [5, 5.41) is 9.67. The monoisotopic (exact) mass is 530 g/mol. The van der Waals surface area contributed by atoms with Gasteiger partial charge in [-0.3, -0.25) is 0 Å². The Kier molecular flexibility index (Phi) is 9.29. The molecule has 4 aromatic carbocycles. The Labute approximate surface area is 225 Å². The summed E-state index contributed by atoms with van der Waals surface area (Å²) in [6.07, 6.45) is 3.26. The topological polar surface area (TPSA) is 65.0 Å². The zero-order valence-corrected chi connectivity index (χ0v) is 21.3. The van der Waals surface area contributed by atoms with Crippen molar-refractivity contribution in [2.45, 2.75) is 25.6 Å². The zero-order chi connectivity index (χ0) is 27.6. The molecule has 0 saturated carbocycles. The van der Waals surface area contributed by atoms with Crippen LogP contribution in [-0.4, -0.2) is 24.3 Å². The highest BCUT2D eigenvalue weighted by Crippen LogP contribution is 2.27. The molecule has 0 spiro atoms. The van der Waals surface area contributed by atoms with E-state index in [-0.39, 0.29) is 24.7 Å². The Bertz CT molecular complexity index is 1420. The fourth-order valence-electron chi connectivity index (χ4n) is 3.91. The van der Waals surface area contributed by atoms with Crippen molar-refractivity contribution in [1.29, 1.82) is 0 Å². The number of hydrogen-bond acceptors (Lipinski definition) is 4. The first-order chi connectivity index (χ1) is 18.9. The number of ether oxygens (including phenoxy) is 3. The van der Waals surface area contributed by atoms with Crippen LogP contribution in [0.25, 0.3) is 17.2 Å². The fourth-order valence-corrected chi connectivity index (χ4v) is 3.91. The highest BCUT2D eigenvalue weighted by Gasteiger charge is 2.18. The van der Waals surface area contributed by atoms with Crippen LogP contribution in [0, 0.1) is 11.6 Å². The third-order valence-electron chi connectivity index (χ3n) is 6.04. The van der Waals surface area contributed by atoms with Crippen molar-refractivity contribution in [2.24, 2.45) is 0 Å². The minimum absolute atomic E-state index is 0.0642. The van der Waals surface area contributed by atoms with Crippen molar-refractivity contribution in [3.8, 4) is 28.4 Å². The number of aliphatic carboxylic acids is 1. The first-order valence-corrected chi connectivity index (χ1v) is 12.4. The average molecular weight is 531 g/mol. The zero-order valence-electron chi connectivity index (χ0n) is 21.3. The van der Waals surface area contributed by atoms with Crippen molar-refractivity contribution in [1.82, 2.24) is 0 Å². The maximum absolute atomic E-state index is 14.0. The average Bonchev–Trinajstić information content (AvgIpc) is 2.95. The van der Waals surface area contributed by atoms with Gasteiger partial charge in [-0.1, -0.05) is 54.6 Å². The second-order valence-corrected chi connectivity index (χ2v) is 8.74. The highest BCUT2D eigenvalue weighted by atomic mass is 19.1. The maximum atomic E-state index is 14.0. The van der Waals surface area contributed by atoms with E-state index in [0.29, 0.717) is 29.2 Å². The van der Waals surface area contributed by atoms with Gasteiger partial charge in [0, 0.05) is 11.1 Å². The molecule has 1 unspecified atom stereocenters. The molecule has 0 aliphatic carbocycles. The van der Waals surface area contributed by atoms with Gasteiger partial charge >= 0.3 is 5.97 Å². The van der Waals surface area contributed by atoms with Crippen LogP contribution in [0.5, 0.6) is 17.2 Å². The molecule has 39 heavy (non-hydrogen) atoms. The lowest BCUT2D eigenvalue weighted by atomic mass is 10.1. The van der Waals surface area contributed by atoms with Crippen molar-refractivity contribution in [3.63, 3.8) is 0 Å². The Morgan fingerprint density at radius 3 is 2.23 bits per heavy atom. The van der Waals surface area contributed by atoms with Crippen LogP contribution in [0.15, 0.2) is 97.1 Å². The molecule has 1 atom stereocenters. The van der Waals surface area contributed by atoms with E-state index in [4.69, 9.17) is 14.2 Å². The largest absolute Gasteiger partial charge is 0.497 e. The molecule has 4 aromatic rings. The van der Waals surface area contributed by atoms with Gasteiger partial charge in [0.2, 0.25) is 0 Å². The minimum Gasteiger partial charge on any atom is -0.497 e. The summed E-state index contributed by atoms with van der Waals surface area (Å²) < 4.78 is 44.1. The molecule has 0 saturated heterocycles. The summed E-state index contributed by atoms with van der Waals surface area (Å²) in [4.78, 5) is 11.8. The third kappa shape index (κ3) is 7.68. The molecule has 0 radical (unpaired) electrons. The lowest BCUT2D eigenvalue weighted by Gasteiger charge is -2.15. The number of rotatable bonds is 12. The van der Waals surface area contributed by atoms with E-state index in [1.54, 1.807) is 79.9 Å². The summed E-state index contributed by atoms with van der Waals surface area (Å²) in [5.41, 5.74) is 2.87. The van der Waals surface area contributed by atoms with Crippen LogP contribution in [-0.2, 0) is 11.4 Å². The van der Waals surface area contributed by atoms with Gasteiger partial charge in [-0.25, -0.2) is 13.6 Å². The van der Waals surface area contributed by atoms with Gasteiger partial charge in [0.15, 0.2) is 6.10 Å². The minimum atomic E-state index is -1.07. The Morgan fingerprint density at radius 1 is 0.897 bits per heavy atom. The van der Waals surface area contributed by atoms with Crippen molar-refractivity contribution < 1.29 is 32.9 Å². The van der Waals surface area contributed by atoms with Gasteiger partial charge in [-0.2, -0.15) is 0 Å². The Balaban J connectivity index is 1.38. The van der Waals surface area contributed by atoms with Gasteiger partial charge in [0.1, 0.15) is 35.5 Å². The van der Waals surface area contributed by atoms with E-state index in [9.17, 15) is 18.7 Å². The molecule has 200 valence electrons. The standard InChI is InChI=1S/C32H28F2O5/c1-37-28-18-19-30(38-21-25-7-2-4-8-29(25)34)24(20-28)6-3-5-9-31(32(35)36)39-27-16-12-23(13-17-27)22-10-14-26(33)15-11-22/h2-4,6-8,10-20,31H,5,9,21H2,1H3,(H,35,36)/b6-3+. The fraction of sp³-hybridized carbons (Fsp3) is 0.156. The van der Waals surface area contributed by atoms with Gasteiger partial charge < -0.3 is 19.3 Å². The smallest absolute Gasteiger partial charge is 0.344 e. The summed E-state index contributed by atoms with van der Waals surface area (Å²) in [7, 11) is 1.56. The molecule has 4 rings (SSSR count). The quantitative estimate of drug-likeness (QED) is 0.205. The molecule has 0 bridgehead atoms. The van der Waals surface area contributed by atoms with E-state index in [1.165, 1.54) is 18.2 Å². The second-order valence-electron chi connectivity index (χ2n) is 8.74. The number of halogens is 2. The summed E-state index contributed by atoms with van der Waals surface area (Å²) in [5.74, 6) is -0.121. The predicted molar refractivity (Wildman–Crippen MR) is 146 cm³/mol. The predicted octanol–water partition coefficient (Wildman–Crippen LogP) is 7.55. The molecule has 0 aliphatic rings. The van der Waals surface area contributed by atoms with E-state index in [1.807, 2.05) is 12.2 Å². The third-order valence-corrected chi connectivity index (χ3v) is 6.04. The molecule has 0 aromatic heterocycles. The number of carboxylic acids is 1. The molecule has 0 amide bonds. The Hall–Kier alpha value is -4.65. The lowest BCUT2D eigenvalue weighted by molar-refractivity contribution is -0.145. The Morgan fingerprint density at radius 2 is 1.56 bits per heavy atom. The first kappa shape index (κ1) is 27.4. The van der Waals surface area contributed by atoms with Gasteiger partial charge in [-0.05, 0) is 72.5 Å². The lowest BCUT2D eigenvalue weighted by Crippen LogP contribution is -2.26. The van der Waals surface area contributed by atoms with Gasteiger partial charge in [-0.15, -0.1) is 0 Å². The molecule has 5 nitrogen and oxygen atoms in total. The van der Waals surface area contributed by atoms with Crippen LogP contribution in [0.3, 0.4) is 0 Å². The highest BCUT2D eigenvalue weighted by molar-refractivity contribution is 5.73. The number of carboxylic acid groups (broad SMARTS) is 1. The van der Waals surface area contributed by atoms with Crippen LogP contribution in [0.2, 0.25) is 0 Å².